The fourth-order valence-corrected chi connectivity index (χ4v) is 1.90. The Morgan fingerprint density at radius 3 is 3.07 bits per heavy atom. The van der Waals surface area contributed by atoms with Gasteiger partial charge in [-0.1, -0.05) is 0 Å². The summed E-state index contributed by atoms with van der Waals surface area (Å²) in [5.41, 5.74) is 6.58. The summed E-state index contributed by atoms with van der Waals surface area (Å²) in [6, 6.07) is 1.94. The average Bonchev–Trinajstić information content (AvgIpc) is 2.77. The van der Waals surface area contributed by atoms with Crippen molar-refractivity contribution in [1.82, 2.24) is 14.8 Å². The van der Waals surface area contributed by atoms with Crippen LogP contribution in [0, 0.1) is 0 Å². The number of nitrogens with zero attached hydrogens (tertiary/aromatic N) is 3. The third-order valence-electron chi connectivity index (χ3n) is 2.08. The molecular weight excluding hydrogens is 210 g/mol. The van der Waals surface area contributed by atoms with Crippen LogP contribution >= 0.6 is 11.3 Å². The molecule has 0 spiro atoms. The Kier molecular flexibility index (Phi) is 2.86. The van der Waals surface area contributed by atoms with E-state index in [0.717, 1.165) is 24.5 Å². The van der Waals surface area contributed by atoms with Crippen molar-refractivity contribution in [3.8, 4) is 0 Å². The van der Waals surface area contributed by atoms with Crippen LogP contribution in [0.4, 0.5) is 10.9 Å². The minimum absolute atomic E-state index is 0.630. The van der Waals surface area contributed by atoms with Gasteiger partial charge in [-0.3, -0.25) is 4.68 Å². The van der Waals surface area contributed by atoms with Crippen molar-refractivity contribution < 1.29 is 0 Å². The highest BCUT2D eigenvalue weighted by atomic mass is 32.1. The third-order valence-corrected chi connectivity index (χ3v) is 2.80. The van der Waals surface area contributed by atoms with Gasteiger partial charge < -0.3 is 11.1 Å². The Hall–Kier alpha value is -1.56. The second-order valence-electron chi connectivity index (χ2n) is 3.19. The fourth-order valence-electron chi connectivity index (χ4n) is 1.30. The van der Waals surface area contributed by atoms with Gasteiger partial charge >= 0.3 is 0 Å². The highest BCUT2D eigenvalue weighted by Crippen LogP contribution is 2.11. The van der Waals surface area contributed by atoms with E-state index in [-0.39, 0.29) is 0 Å². The van der Waals surface area contributed by atoms with E-state index >= 15 is 0 Å². The molecule has 80 valence electrons. The molecule has 0 aromatic carbocycles. The summed E-state index contributed by atoms with van der Waals surface area (Å²) < 4.78 is 1.80. The molecule has 0 unspecified atom stereocenters. The van der Waals surface area contributed by atoms with E-state index in [2.05, 4.69) is 15.4 Å². The van der Waals surface area contributed by atoms with Gasteiger partial charge in [0.1, 0.15) is 5.82 Å². The number of anilines is 2. The van der Waals surface area contributed by atoms with Crippen molar-refractivity contribution >= 4 is 22.3 Å². The SMILES string of the molecule is Cn1nccc1NCCc1csc(N)n1. The molecule has 0 radical (unpaired) electrons. The Morgan fingerprint density at radius 1 is 1.60 bits per heavy atom. The topological polar surface area (TPSA) is 68.8 Å². The number of thiazole rings is 1. The van der Waals surface area contributed by atoms with Gasteiger partial charge in [-0.2, -0.15) is 5.10 Å². The molecule has 5 nitrogen and oxygen atoms in total. The van der Waals surface area contributed by atoms with Crippen molar-refractivity contribution in [3.63, 3.8) is 0 Å². The monoisotopic (exact) mass is 223 g/mol. The normalized spacial score (nSPS) is 10.5. The molecule has 2 aromatic heterocycles. The molecule has 0 bridgehead atoms. The molecule has 0 amide bonds. The van der Waals surface area contributed by atoms with Crippen LogP contribution in [0.1, 0.15) is 5.69 Å². The molecule has 6 heteroatoms. The van der Waals surface area contributed by atoms with Crippen LogP contribution in [-0.2, 0) is 13.5 Å². The number of aromatic nitrogens is 3. The van der Waals surface area contributed by atoms with Gasteiger partial charge in [0.25, 0.3) is 0 Å². The predicted octanol–water partition coefficient (Wildman–Crippen LogP) is 1.11. The average molecular weight is 223 g/mol. The highest BCUT2D eigenvalue weighted by molar-refractivity contribution is 7.13. The number of hydrogen-bond donors (Lipinski definition) is 2. The molecular formula is C9H13N5S. The highest BCUT2D eigenvalue weighted by Gasteiger charge is 2.00. The third kappa shape index (κ3) is 2.47. The standard InChI is InChI=1S/C9H13N5S/c1-14-8(3-5-12-14)11-4-2-7-6-15-9(10)13-7/h3,5-6,11H,2,4H2,1H3,(H2,10,13). The van der Waals surface area contributed by atoms with E-state index in [9.17, 15) is 0 Å². The summed E-state index contributed by atoms with van der Waals surface area (Å²) in [6.45, 7) is 0.836. The van der Waals surface area contributed by atoms with E-state index in [0.29, 0.717) is 5.13 Å². The number of nitrogens with one attached hydrogen (secondary N) is 1. The zero-order valence-electron chi connectivity index (χ0n) is 8.47. The summed E-state index contributed by atoms with van der Waals surface area (Å²) >= 11 is 1.48. The largest absolute Gasteiger partial charge is 0.375 e. The quantitative estimate of drug-likeness (QED) is 0.814. The summed E-state index contributed by atoms with van der Waals surface area (Å²) in [7, 11) is 1.91. The van der Waals surface area contributed by atoms with Crippen molar-refractivity contribution in [2.75, 3.05) is 17.6 Å². The van der Waals surface area contributed by atoms with Gasteiger partial charge in [0.15, 0.2) is 5.13 Å². The minimum atomic E-state index is 0.630. The Labute approximate surface area is 91.9 Å². The number of rotatable bonds is 4. The van der Waals surface area contributed by atoms with Gasteiger partial charge in [-0.15, -0.1) is 11.3 Å². The molecule has 2 aromatic rings. The molecule has 0 fully saturated rings. The van der Waals surface area contributed by atoms with Crippen LogP contribution in [-0.4, -0.2) is 21.3 Å². The lowest BCUT2D eigenvalue weighted by Crippen LogP contribution is -2.08. The summed E-state index contributed by atoms with van der Waals surface area (Å²) in [5, 5.41) is 9.96. The molecule has 15 heavy (non-hydrogen) atoms. The number of hydrogen-bond acceptors (Lipinski definition) is 5. The van der Waals surface area contributed by atoms with Crippen LogP contribution in [0.5, 0.6) is 0 Å². The zero-order valence-corrected chi connectivity index (χ0v) is 9.29. The maximum atomic E-state index is 5.54. The summed E-state index contributed by atoms with van der Waals surface area (Å²) in [6.07, 6.45) is 2.64. The van der Waals surface area contributed by atoms with E-state index in [1.165, 1.54) is 11.3 Å². The van der Waals surface area contributed by atoms with Crippen molar-refractivity contribution in [2.45, 2.75) is 6.42 Å². The zero-order chi connectivity index (χ0) is 10.7. The van der Waals surface area contributed by atoms with Crippen LogP contribution < -0.4 is 11.1 Å². The molecule has 2 rings (SSSR count). The summed E-state index contributed by atoms with van der Waals surface area (Å²) in [4.78, 5) is 4.19. The molecule has 0 atom stereocenters. The second-order valence-corrected chi connectivity index (χ2v) is 4.08. The Bertz CT molecular complexity index is 433. The molecule has 0 saturated carbocycles. The first kappa shape index (κ1) is 9.97. The summed E-state index contributed by atoms with van der Waals surface area (Å²) in [5.74, 6) is 1.01. The lowest BCUT2D eigenvalue weighted by molar-refractivity contribution is 0.767. The van der Waals surface area contributed by atoms with Crippen LogP contribution in [0.3, 0.4) is 0 Å². The van der Waals surface area contributed by atoms with E-state index in [4.69, 9.17) is 5.73 Å². The van der Waals surface area contributed by atoms with E-state index < -0.39 is 0 Å². The Morgan fingerprint density at radius 2 is 2.47 bits per heavy atom. The first-order valence-electron chi connectivity index (χ1n) is 4.67. The van der Waals surface area contributed by atoms with Crippen molar-refractivity contribution in [3.05, 3.63) is 23.3 Å². The lowest BCUT2D eigenvalue weighted by Gasteiger charge is -2.04. The second kappa shape index (κ2) is 4.31. The lowest BCUT2D eigenvalue weighted by atomic mass is 10.3. The molecule has 2 heterocycles. The number of nitrogens with two attached hydrogens (primary N) is 1. The van der Waals surface area contributed by atoms with Gasteiger partial charge in [0.05, 0.1) is 11.9 Å². The van der Waals surface area contributed by atoms with Gasteiger partial charge in [-0.25, -0.2) is 4.98 Å². The predicted molar refractivity (Wildman–Crippen MR) is 61.9 cm³/mol. The first-order chi connectivity index (χ1) is 7.25. The van der Waals surface area contributed by atoms with Crippen molar-refractivity contribution in [1.29, 1.82) is 0 Å². The van der Waals surface area contributed by atoms with Crippen LogP contribution in [0.15, 0.2) is 17.6 Å². The van der Waals surface area contributed by atoms with E-state index in [1.54, 1.807) is 10.9 Å². The maximum absolute atomic E-state index is 5.54. The molecule has 0 aliphatic rings. The van der Waals surface area contributed by atoms with Gasteiger partial charge in [-0.05, 0) is 0 Å². The molecule has 0 aliphatic carbocycles. The maximum Gasteiger partial charge on any atom is 0.180 e. The minimum Gasteiger partial charge on any atom is -0.375 e. The first-order valence-corrected chi connectivity index (χ1v) is 5.55. The van der Waals surface area contributed by atoms with Crippen LogP contribution in [0.25, 0.3) is 0 Å². The van der Waals surface area contributed by atoms with Gasteiger partial charge in [0.2, 0.25) is 0 Å². The molecule has 0 aliphatic heterocycles. The number of nitrogen functional groups attached to an aromatic ring is 1. The smallest absolute Gasteiger partial charge is 0.180 e. The Balaban J connectivity index is 1.83. The fraction of sp³-hybridized carbons (Fsp3) is 0.333. The molecule has 3 N–H and O–H groups in total. The number of aryl methyl sites for hydroxylation is 1. The molecule has 0 saturated heterocycles. The van der Waals surface area contributed by atoms with Crippen molar-refractivity contribution in [2.24, 2.45) is 7.05 Å². The van der Waals surface area contributed by atoms with E-state index in [1.807, 2.05) is 18.5 Å². The van der Waals surface area contributed by atoms with Crippen LogP contribution in [0.2, 0.25) is 0 Å². The van der Waals surface area contributed by atoms with Gasteiger partial charge in [0, 0.05) is 31.5 Å².